The van der Waals surface area contributed by atoms with E-state index in [0.29, 0.717) is 17.7 Å². The van der Waals surface area contributed by atoms with Crippen molar-refractivity contribution in [2.24, 2.45) is 7.05 Å². The van der Waals surface area contributed by atoms with E-state index < -0.39 is 4.92 Å². The van der Waals surface area contributed by atoms with Crippen LogP contribution in [0.5, 0.6) is 0 Å². The summed E-state index contributed by atoms with van der Waals surface area (Å²) in [5, 5.41) is 11.9. The number of nitrogens with zero attached hydrogens (tertiary/aromatic N) is 3. The molecule has 0 aliphatic rings. The van der Waals surface area contributed by atoms with Gasteiger partial charge in [-0.2, -0.15) is 0 Å². The number of fused-ring (bicyclic) bond motifs is 1. The number of amides is 1. The van der Waals surface area contributed by atoms with Crippen molar-refractivity contribution in [3.63, 3.8) is 0 Å². The first-order valence-electron chi connectivity index (χ1n) is 8.19. The van der Waals surface area contributed by atoms with Gasteiger partial charge in [-0.05, 0) is 11.6 Å². The minimum atomic E-state index is -0.437. The number of nitro benzene ring substituents is 1. The molecule has 2 aromatic carbocycles. The van der Waals surface area contributed by atoms with Gasteiger partial charge in [-0.15, -0.1) is 6.58 Å². The lowest BCUT2D eigenvalue weighted by Gasteiger charge is -2.21. The lowest BCUT2D eigenvalue weighted by Crippen LogP contribution is -2.30. The summed E-state index contributed by atoms with van der Waals surface area (Å²) in [6.45, 7) is 4.35. The molecule has 0 radical (unpaired) electrons. The Morgan fingerprint density at radius 3 is 2.77 bits per heavy atom. The van der Waals surface area contributed by atoms with Gasteiger partial charge in [0.1, 0.15) is 0 Å². The summed E-state index contributed by atoms with van der Waals surface area (Å²) in [6.07, 6.45) is 3.47. The van der Waals surface area contributed by atoms with E-state index in [2.05, 4.69) is 6.58 Å². The van der Waals surface area contributed by atoms with Gasteiger partial charge >= 0.3 is 0 Å². The van der Waals surface area contributed by atoms with Crippen molar-refractivity contribution in [2.75, 3.05) is 6.54 Å². The average molecular weight is 349 g/mol. The van der Waals surface area contributed by atoms with E-state index in [1.54, 1.807) is 23.1 Å². The van der Waals surface area contributed by atoms with Crippen LogP contribution < -0.4 is 0 Å². The second-order valence-electron chi connectivity index (χ2n) is 6.07. The largest absolute Gasteiger partial charge is 0.350 e. The van der Waals surface area contributed by atoms with Gasteiger partial charge < -0.3 is 9.47 Å². The molecule has 3 aromatic rings. The number of para-hydroxylation sites is 1. The summed E-state index contributed by atoms with van der Waals surface area (Å²) < 4.78 is 1.92. The van der Waals surface area contributed by atoms with Crippen LogP contribution >= 0.6 is 0 Å². The van der Waals surface area contributed by atoms with Gasteiger partial charge in [-0.3, -0.25) is 14.9 Å². The zero-order valence-corrected chi connectivity index (χ0v) is 14.5. The van der Waals surface area contributed by atoms with Gasteiger partial charge in [-0.25, -0.2) is 0 Å². The predicted octanol–water partition coefficient (Wildman–Crippen LogP) is 3.91. The van der Waals surface area contributed by atoms with Crippen molar-refractivity contribution in [2.45, 2.75) is 6.54 Å². The molecule has 0 aliphatic carbocycles. The maximum atomic E-state index is 13.1. The number of non-ortho nitro benzene ring substituents is 1. The van der Waals surface area contributed by atoms with Crippen LogP contribution in [0.4, 0.5) is 5.69 Å². The lowest BCUT2D eigenvalue weighted by atomic mass is 10.1. The number of hydrogen-bond donors (Lipinski definition) is 0. The molecule has 0 atom stereocenters. The fourth-order valence-corrected chi connectivity index (χ4v) is 3.05. The van der Waals surface area contributed by atoms with Crippen LogP contribution in [-0.4, -0.2) is 26.8 Å². The Balaban J connectivity index is 1.94. The highest BCUT2D eigenvalue weighted by Gasteiger charge is 2.20. The second-order valence-corrected chi connectivity index (χ2v) is 6.07. The first kappa shape index (κ1) is 17.4. The van der Waals surface area contributed by atoms with E-state index in [4.69, 9.17) is 0 Å². The molecule has 0 saturated carbocycles. The summed E-state index contributed by atoms with van der Waals surface area (Å²) in [6, 6.07) is 14.0. The molecule has 6 nitrogen and oxygen atoms in total. The maximum Gasteiger partial charge on any atom is 0.269 e. The minimum Gasteiger partial charge on any atom is -0.350 e. The molecule has 6 heteroatoms. The molecular weight excluding hydrogens is 330 g/mol. The molecule has 0 fully saturated rings. The van der Waals surface area contributed by atoms with E-state index in [0.717, 1.165) is 10.9 Å². The summed E-state index contributed by atoms with van der Waals surface area (Å²) in [5.41, 5.74) is 2.30. The quantitative estimate of drug-likeness (QED) is 0.385. The number of carbonyl (C=O) groups excluding carboxylic acids is 1. The van der Waals surface area contributed by atoms with Crippen LogP contribution in [0.15, 0.2) is 67.4 Å². The van der Waals surface area contributed by atoms with E-state index in [1.807, 2.05) is 42.1 Å². The van der Waals surface area contributed by atoms with Crippen LogP contribution in [0.2, 0.25) is 0 Å². The molecule has 0 aliphatic heterocycles. The van der Waals surface area contributed by atoms with Crippen molar-refractivity contribution in [3.8, 4) is 0 Å². The molecule has 1 aromatic heterocycles. The van der Waals surface area contributed by atoms with Crippen molar-refractivity contribution in [1.82, 2.24) is 9.47 Å². The summed E-state index contributed by atoms with van der Waals surface area (Å²) in [5.74, 6) is -0.131. The third-order valence-electron chi connectivity index (χ3n) is 4.26. The van der Waals surface area contributed by atoms with E-state index >= 15 is 0 Å². The smallest absolute Gasteiger partial charge is 0.269 e. The zero-order valence-electron chi connectivity index (χ0n) is 14.5. The summed E-state index contributed by atoms with van der Waals surface area (Å²) in [4.78, 5) is 25.3. The van der Waals surface area contributed by atoms with Crippen molar-refractivity contribution in [3.05, 3.63) is 88.6 Å². The number of rotatable bonds is 6. The number of aromatic nitrogens is 1. The molecular formula is C20H19N3O3. The van der Waals surface area contributed by atoms with E-state index in [1.165, 1.54) is 12.1 Å². The Hall–Kier alpha value is -3.41. The number of carbonyl (C=O) groups is 1. The van der Waals surface area contributed by atoms with Gasteiger partial charge in [-0.1, -0.05) is 36.4 Å². The SMILES string of the molecule is C=CCN(Cc1cccc([N+](=O)[O-])c1)C(=O)c1cn(C)c2ccccc12. The van der Waals surface area contributed by atoms with Crippen molar-refractivity contribution in [1.29, 1.82) is 0 Å². The van der Waals surface area contributed by atoms with Crippen molar-refractivity contribution < 1.29 is 9.72 Å². The Labute approximate surface area is 151 Å². The Kier molecular flexibility index (Phi) is 4.84. The van der Waals surface area contributed by atoms with Crippen molar-refractivity contribution >= 4 is 22.5 Å². The number of nitro groups is 1. The first-order chi connectivity index (χ1) is 12.5. The van der Waals surface area contributed by atoms with Gasteiger partial charge in [0.05, 0.1) is 10.5 Å². The average Bonchev–Trinajstić information content (AvgIpc) is 2.98. The zero-order chi connectivity index (χ0) is 18.7. The molecule has 1 amide bonds. The van der Waals surface area contributed by atoms with Crippen LogP contribution in [0.1, 0.15) is 15.9 Å². The fourth-order valence-electron chi connectivity index (χ4n) is 3.05. The van der Waals surface area contributed by atoms with Gasteiger partial charge in [0.25, 0.3) is 11.6 Å². The molecule has 3 rings (SSSR count). The van der Waals surface area contributed by atoms with Crippen LogP contribution in [0.3, 0.4) is 0 Å². The molecule has 132 valence electrons. The molecule has 0 spiro atoms. The Morgan fingerprint density at radius 1 is 1.27 bits per heavy atom. The normalized spacial score (nSPS) is 10.7. The first-order valence-corrected chi connectivity index (χ1v) is 8.19. The monoisotopic (exact) mass is 349 g/mol. The summed E-state index contributed by atoms with van der Waals surface area (Å²) >= 11 is 0. The maximum absolute atomic E-state index is 13.1. The molecule has 0 N–H and O–H groups in total. The van der Waals surface area contributed by atoms with E-state index in [-0.39, 0.29) is 18.1 Å². The highest BCUT2D eigenvalue weighted by Crippen LogP contribution is 2.23. The number of hydrogen-bond acceptors (Lipinski definition) is 3. The Bertz CT molecular complexity index is 991. The Morgan fingerprint density at radius 2 is 2.04 bits per heavy atom. The molecule has 1 heterocycles. The van der Waals surface area contributed by atoms with E-state index in [9.17, 15) is 14.9 Å². The third kappa shape index (κ3) is 3.35. The molecule has 0 bridgehead atoms. The van der Waals surface area contributed by atoms with Crippen LogP contribution in [-0.2, 0) is 13.6 Å². The van der Waals surface area contributed by atoms with Gasteiger partial charge in [0, 0.05) is 49.4 Å². The highest BCUT2D eigenvalue weighted by molar-refractivity contribution is 6.07. The lowest BCUT2D eigenvalue weighted by molar-refractivity contribution is -0.384. The topological polar surface area (TPSA) is 68.4 Å². The molecule has 0 unspecified atom stereocenters. The van der Waals surface area contributed by atoms with Crippen LogP contribution in [0, 0.1) is 10.1 Å². The third-order valence-corrected chi connectivity index (χ3v) is 4.26. The molecule has 0 saturated heterocycles. The summed E-state index contributed by atoms with van der Waals surface area (Å²) in [7, 11) is 1.90. The predicted molar refractivity (Wildman–Crippen MR) is 101 cm³/mol. The van der Waals surface area contributed by atoms with Gasteiger partial charge in [0.2, 0.25) is 0 Å². The number of aryl methyl sites for hydroxylation is 1. The highest BCUT2D eigenvalue weighted by atomic mass is 16.6. The van der Waals surface area contributed by atoms with Gasteiger partial charge in [0.15, 0.2) is 0 Å². The fraction of sp³-hybridized carbons (Fsp3) is 0.150. The second kappa shape index (κ2) is 7.23. The minimum absolute atomic E-state index is 0.0127. The standard InChI is InChI=1S/C20H19N3O3/c1-3-11-22(13-15-7-6-8-16(12-15)23(25)26)20(24)18-14-21(2)19-10-5-4-9-17(18)19/h3-10,12,14H,1,11,13H2,2H3. The number of benzene rings is 2. The molecule has 26 heavy (non-hydrogen) atoms. The van der Waals surface area contributed by atoms with Crippen LogP contribution in [0.25, 0.3) is 10.9 Å².